The molecule has 7 heteroatoms. The molecular weight excluding hydrogens is 360 g/mol. The Bertz CT molecular complexity index is 808. The minimum Gasteiger partial charge on any atom is -0.357 e. The molecule has 0 aliphatic rings. The first-order valence-corrected chi connectivity index (χ1v) is 10.6. The molecule has 0 saturated heterocycles. The fourth-order valence-electron chi connectivity index (χ4n) is 2.51. The smallest absolute Gasteiger partial charge is 0.240 e. The molecular formula is C20H28N4O2S. The largest absolute Gasteiger partial charge is 0.357 e. The molecule has 1 unspecified atom stereocenters. The van der Waals surface area contributed by atoms with Gasteiger partial charge in [0.15, 0.2) is 5.96 Å². The van der Waals surface area contributed by atoms with Gasteiger partial charge in [0.25, 0.3) is 0 Å². The van der Waals surface area contributed by atoms with Gasteiger partial charge in [-0.3, -0.25) is 4.99 Å². The van der Waals surface area contributed by atoms with Gasteiger partial charge in [-0.15, -0.1) is 0 Å². The van der Waals surface area contributed by atoms with E-state index >= 15 is 0 Å². The summed E-state index contributed by atoms with van der Waals surface area (Å²) in [7, 11) is -3.48. The van der Waals surface area contributed by atoms with E-state index in [0.717, 1.165) is 6.54 Å². The first-order chi connectivity index (χ1) is 13.0. The van der Waals surface area contributed by atoms with Gasteiger partial charge in [0.05, 0.1) is 4.90 Å². The molecule has 27 heavy (non-hydrogen) atoms. The number of nitrogens with one attached hydrogen (secondary N) is 3. The van der Waals surface area contributed by atoms with Gasteiger partial charge >= 0.3 is 0 Å². The summed E-state index contributed by atoms with van der Waals surface area (Å²) in [6.07, 6.45) is 0. The Hall–Kier alpha value is -2.38. The molecule has 2 aromatic carbocycles. The Morgan fingerprint density at radius 1 is 0.963 bits per heavy atom. The van der Waals surface area contributed by atoms with Crippen molar-refractivity contribution in [2.75, 3.05) is 26.2 Å². The number of rotatable bonds is 9. The van der Waals surface area contributed by atoms with Crippen LogP contribution in [0.25, 0.3) is 0 Å². The van der Waals surface area contributed by atoms with Crippen molar-refractivity contribution in [1.82, 2.24) is 15.4 Å². The van der Waals surface area contributed by atoms with Crippen molar-refractivity contribution in [2.24, 2.45) is 4.99 Å². The average Bonchev–Trinajstić information content (AvgIpc) is 2.70. The van der Waals surface area contributed by atoms with Crippen LogP contribution in [-0.4, -0.2) is 40.6 Å². The van der Waals surface area contributed by atoms with Gasteiger partial charge in [-0.1, -0.05) is 55.5 Å². The summed E-state index contributed by atoms with van der Waals surface area (Å²) in [5, 5.41) is 6.34. The molecule has 146 valence electrons. The second-order valence-corrected chi connectivity index (χ2v) is 7.94. The summed E-state index contributed by atoms with van der Waals surface area (Å²) in [5.74, 6) is 0.984. The summed E-state index contributed by atoms with van der Waals surface area (Å²) in [6.45, 7) is 6.23. The van der Waals surface area contributed by atoms with Crippen LogP contribution in [0.1, 0.15) is 25.3 Å². The Morgan fingerprint density at radius 2 is 1.59 bits per heavy atom. The van der Waals surface area contributed by atoms with E-state index in [9.17, 15) is 8.42 Å². The van der Waals surface area contributed by atoms with E-state index in [1.165, 1.54) is 5.56 Å². The molecule has 0 bridgehead atoms. The zero-order valence-electron chi connectivity index (χ0n) is 15.9. The number of hydrogen-bond acceptors (Lipinski definition) is 3. The normalized spacial score (nSPS) is 13.2. The van der Waals surface area contributed by atoms with Crippen LogP contribution < -0.4 is 15.4 Å². The fraction of sp³-hybridized carbons (Fsp3) is 0.350. The minimum atomic E-state index is -3.48. The van der Waals surface area contributed by atoms with E-state index in [4.69, 9.17) is 0 Å². The third-order valence-electron chi connectivity index (χ3n) is 4.00. The van der Waals surface area contributed by atoms with Crippen molar-refractivity contribution in [1.29, 1.82) is 0 Å². The van der Waals surface area contributed by atoms with Gasteiger partial charge in [0.1, 0.15) is 0 Å². The van der Waals surface area contributed by atoms with E-state index in [-0.39, 0.29) is 11.4 Å². The molecule has 0 fully saturated rings. The summed E-state index contributed by atoms with van der Waals surface area (Å²) in [5.41, 5.74) is 1.24. The van der Waals surface area contributed by atoms with Crippen molar-refractivity contribution in [3.05, 3.63) is 66.2 Å². The number of hydrogen-bond donors (Lipinski definition) is 3. The van der Waals surface area contributed by atoms with Crippen molar-refractivity contribution < 1.29 is 8.42 Å². The summed E-state index contributed by atoms with van der Waals surface area (Å²) in [6, 6.07) is 18.6. The second kappa shape index (κ2) is 10.7. The van der Waals surface area contributed by atoms with Crippen LogP contribution in [0.5, 0.6) is 0 Å². The summed E-state index contributed by atoms with van der Waals surface area (Å²) >= 11 is 0. The molecule has 0 spiro atoms. The lowest BCUT2D eigenvalue weighted by molar-refractivity contribution is 0.580. The Labute approximate surface area is 162 Å². The van der Waals surface area contributed by atoms with Gasteiger partial charge in [-0.05, 0) is 24.6 Å². The average molecular weight is 389 g/mol. The molecule has 2 rings (SSSR count). The van der Waals surface area contributed by atoms with E-state index in [2.05, 4.69) is 39.4 Å². The van der Waals surface area contributed by atoms with Crippen molar-refractivity contribution in [3.8, 4) is 0 Å². The molecule has 2 aromatic rings. The summed E-state index contributed by atoms with van der Waals surface area (Å²) in [4.78, 5) is 4.87. The van der Waals surface area contributed by atoms with Crippen LogP contribution in [0.2, 0.25) is 0 Å². The molecule has 0 saturated carbocycles. The lowest BCUT2D eigenvalue weighted by Gasteiger charge is -2.14. The molecule has 0 radical (unpaired) electrons. The predicted octanol–water partition coefficient (Wildman–Crippen LogP) is 2.32. The third kappa shape index (κ3) is 7.03. The van der Waals surface area contributed by atoms with Crippen molar-refractivity contribution >= 4 is 16.0 Å². The fourth-order valence-corrected chi connectivity index (χ4v) is 3.56. The first-order valence-electron chi connectivity index (χ1n) is 9.14. The third-order valence-corrected chi connectivity index (χ3v) is 5.48. The number of guanidine groups is 1. The van der Waals surface area contributed by atoms with Gasteiger partial charge < -0.3 is 10.6 Å². The van der Waals surface area contributed by atoms with Crippen LogP contribution in [0, 0.1) is 0 Å². The molecule has 0 aromatic heterocycles. The standard InChI is InChI=1S/C20H28N4O2S/c1-3-21-20(23-16-17(2)18-10-6-4-7-11-18)22-14-15-24-27(25,26)19-12-8-5-9-13-19/h4-13,17,24H,3,14-16H2,1-2H3,(H2,21,22,23). The molecule has 0 amide bonds. The van der Waals surface area contributed by atoms with E-state index in [1.807, 2.05) is 25.1 Å². The van der Waals surface area contributed by atoms with Crippen molar-refractivity contribution in [2.45, 2.75) is 24.7 Å². The van der Waals surface area contributed by atoms with E-state index in [1.54, 1.807) is 30.3 Å². The topological polar surface area (TPSA) is 82.6 Å². The van der Waals surface area contributed by atoms with Crippen LogP contribution in [0.4, 0.5) is 0 Å². The zero-order chi connectivity index (χ0) is 19.5. The number of nitrogens with zero attached hydrogens (tertiary/aromatic N) is 1. The predicted molar refractivity (Wildman–Crippen MR) is 110 cm³/mol. The van der Waals surface area contributed by atoms with Crippen LogP contribution >= 0.6 is 0 Å². The number of benzene rings is 2. The maximum atomic E-state index is 12.2. The van der Waals surface area contributed by atoms with Crippen molar-refractivity contribution in [3.63, 3.8) is 0 Å². The van der Waals surface area contributed by atoms with Gasteiger partial charge in [0, 0.05) is 32.1 Å². The van der Waals surface area contributed by atoms with Gasteiger partial charge in [-0.2, -0.15) is 0 Å². The second-order valence-electron chi connectivity index (χ2n) is 6.17. The maximum Gasteiger partial charge on any atom is 0.240 e. The highest BCUT2D eigenvalue weighted by Gasteiger charge is 2.12. The van der Waals surface area contributed by atoms with E-state index < -0.39 is 10.0 Å². The molecule has 0 aliphatic carbocycles. The highest BCUT2D eigenvalue weighted by Crippen LogP contribution is 2.14. The lowest BCUT2D eigenvalue weighted by atomic mass is 10.0. The van der Waals surface area contributed by atoms with Crippen LogP contribution in [-0.2, 0) is 10.0 Å². The quantitative estimate of drug-likeness (QED) is 0.350. The molecule has 0 heterocycles. The lowest BCUT2D eigenvalue weighted by Crippen LogP contribution is -2.41. The van der Waals surface area contributed by atoms with Gasteiger partial charge in [-0.25, -0.2) is 13.1 Å². The highest BCUT2D eigenvalue weighted by molar-refractivity contribution is 7.89. The SMILES string of the molecule is CCNC(=NCC(C)c1ccccc1)NCCNS(=O)(=O)c1ccccc1. The van der Waals surface area contributed by atoms with E-state index in [0.29, 0.717) is 25.0 Å². The summed E-state index contributed by atoms with van der Waals surface area (Å²) < 4.78 is 27.0. The maximum absolute atomic E-state index is 12.2. The number of sulfonamides is 1. The Balaban J connectivity index is 1.83. The zero-order valence-corrected chi connectivity index (χ0v) is 16.7. The van der Waals surface area contributed by atoms with Crippen LogP contribution in [0.15, 0.2) is 70.6 Å². The molecule has 1 atom stereocenters. The molecule has 3 N–H and O–H groups in total. The Kier molecular flexibility index (Phi) is 8.29. The minimum absolute atomic E-state index is 0.266. The Morgan fingerprint density at radius 3 is 2.22 bits per heavy atom. The first kappa shape index (κ1) is 20.9. The monoisotopic (exact) mass is 388 g/mol. The number of aliphatic imine (C=N–C) groups is 1. The highest BCUT2D eigenvalue weighted by atomic mass is 32.2. The van der Waals surface area contributed by atoms with Crippen LogP contribution in [0.3, 0.4) is 0 Å². The molecule has 6 nitrogen and oxygen atoms in total. The molecule has 0 aliphatic heterocycles. The van der Waals surface area contributed by atoms with Gasteiger partial charge in [0.2, 0.25) is 10.0 Å².